The van der Waals surface area contributed by atoms with E-state index < -0.39 is 22.5 Å². The predicted molar refractivity (Wildman–Crippen MR) is 147 cm³/mol. The molecule has 0 saturated carbocycles. The number of carbonyl (C=O) groups excluding carboxylic acids is 1. The third-order valence-electron chi connectivity index (χ3n) is 5.42. The molecule has 0 aliphatic carbocycles. The van der Waals surface area contributed by atoms with Gasteiger partial charge in [-0.1, -0.05) is 58.6 Å². The zero-order chi connectivity index (χ0) is 26.6. The normalized spacial score (nSPS) is 11.6. The fraction of sp³-hybridized carbons (Fsp3) is 0.111. The number of halogens is 2. The molecular weight excluding hydrogens is 533 g/mol. The SMILES string of the molecule is Cc1ccc(N(CC(=O)N/N=C/c2ccc(-c3ccc(Cl)cc3Cl)o2)S(=O)(=O)c2ccc(C)cc2)cc1. The highest BCUT2D eigenvalue weighted by molar-refractivity contribution is 7.92. The molecule has 0 unspecified atom stereocenters. The van der Waals surface area contributed by atoms with Gasteiger partial charge in [0.15, 0.2) is 0 Å². The Morgan fingerprint density at radius 1 is 0.946 bits per heavy atom. The van der Waals surface area contributed by atoms with E-state index in [2.05, 4.69) is 10.5 Å². The molecule has 3 aromatic carbocycles. The van der Waals surface area contributed by atoms with Gasteiger partial charge in [-0.3, -0.25) is 9.10 Å². The third kappa shape index (κ3) is 6.40. The first-order chi connectivity index (χ1) is 17.6. The highest BCUT2D eigenvalue weighted by atomic mass is 35.5. The summed E-state index contributed by atoms with van der Waals surface area (Å²) in [5.74, 6) is 0.244. The van der Waals surface area contributed by atoms with Gasteiger partial charge in [-0.25, -0.2) is 13.8 Å². The molecule has 10 heteroatoms. The Hall–Kier alpha value is -3.59. The molecular formula is C27H23Cl2N3O4S. The Labute approximate surface area is 225 Å². The Morgan fingerprint density at radius 3 is 2.24 bits per heavy atom. The summed E-state index contributed by atoms with van der Waals surface area (Å²) >= 11 is 12.2. The number of amides is 1. The quantitative estimate of drug-likeness (QED) is 0.206. The molecule has 1 amide bonds. The van der Waals surface area contributed by atoms with Crippen LogP contribution in [0.4, 0.5) is 5.69 Å². The van der Waals surface area contributed by atoms with Crippen LogP contribution in [0.15, 0.2) is 93.3 Å². The van der Waals surface area contributed by atoms with Gasteiger partial charge < -0.3 is 4.42 Å². The van der Waals surface area contributed by atoms with Crippen LogP contribution in [0.3, 0.4) is 0 Å². The van der Waals surface area contributed by atoms with E-state index in [0.717, 1.165) is 15.4 Å². The van der Waals surface area contributed by atoms with Crippen molar-refractivity contribution in [1.82, 2.24) is 5.43 Å². The van der Waals surface area contributed by atoms with Gasteiger partial charge in [-0.15, -0.1) is 0 Å². The Balaban J connectivity index is 1.50. The van der Waals surface area contributed by atoms with E-state index in [1.807, 2.05) is 13.8 Å². The fourth-order valence-corrected chi connectivity index (χ4v) is 5.38. The molecule has 37 heavy (non-hydrogen) atoms. The molecule has 0 aliphatic heterocycles. The first-order valence-electron chi connectivity index (χ1n) is 11.2. The van der Waals surface area contributed by atoms with E-state index in [9.17, 15) is 13.2 Å². The lowest BCUT2D eigenvalue weighted by atomic mass is 10.2. The standard InChI is InChI=1S/C27H23Cl2N3O4S/c1-18-3-8-21(9-4-18)32(37(34,35)23-11-5-19(2)6-12-23)17-27(33)31-30-16-22-10-14-26(36-22)24-13-7-20(28)15-25(24)29/h3-16H,17H2,1-2H3,(H,31,33)/b30-16+. The number of hydrazone groups is 1. The summed E-state index contributed by atoms with van der Waals surface area (Å²) in [6.07, 6.45) is 1.32. The number of hydrogen-bond acceptors (Lipinski definition) is 5. The maximum Gasteiger partial charge on any atom is 0.264 e. The minimum absolute atomic E-state index is 0.0824. The second-order valence-electron chi connectivity index (χ2n) is 8.28. The molecule has 0 radical (unpaired) electrons. The number of rotatable bonds is 8. The summed E-state index contributed by atoms with van der Waals surface area (Å²) in [5, 5.41) is 4.86. The van der Waals surface area contributed by atoms with Crippen LogP contribution >= 0.6 is 23.2 Å². The van der Waals surface area contributed by atoms with E-state index in [0.29, 0.717) is 32.8 Å². The van der Waals surface area contributed by atoms with E-state index in [-0.39, 0.29) is 4.90 Å². The third-order valence-corrected chi connectivity index (χ3v) is 7.76. The van der Waals surface area contributed by atoms with Gasteiger partial charge >= 0.3 is 0 Å². The van der Waals surface area contributed by atoms with E-state index >= 15 is 0 Å². The summed E-state index contributed by atoms with van der Waals surface area (Å²) in [4.78, 5) is 12.8. The smallest absolute Gasteiger partial charge is 0.264 e. The van der Waals surface area contributed by atoms with Crippen LogP contribution in [-0.4, -0.2) is 27.1 Å². The van der Waals surface area contributed by atoms with E-state index in [1.54, 1.807) is 66.7 Å². The number of aryl methyl sites for hydroxylation is 2. The Bertz CT molecular complexity index is 1550. The van der Waals surface area contributed by atoms with Crippen molar-refractivity contribution in [3.63, 3.8) is 0 Å². The van der Waals surface area contributed by atoms with Crippen molar-refractivity contribution in [2.75, 3.05) is 10.8 Å². The summed E-state index contributed by atoms with van der Waals surface area (Å²) in [6, 6.07) is 21.7. The van der Waals surface area contributed by atoms with Crippen LogP contribution < -0.4 is 9.73 Å². The van der Waals surface area contributed by atoms with Crippen molar-refractivity contribution in [3.05, 3.63) is 106 Å². The van der Waals surface area contributed by atoms with Gasteiger partial charge in [0.05, 0.1) is 21.8 Å². The molecule has 0 fully saturated rings. The van der Waals surface area contributed by atoms with E-state index in [1.165, 1.54) is 18.3 Å². The van der Waals surface area contributed by atoms with Crippen molar-refractivity contribution < 1.29 is 17.6 Å². The average molecular weight is 556 g/mol. The van der Waals surface area contributed by atoms with Gasteiger partial charge in [-0.05, 0) is 68.4 Å². The first kappa shape index (κ1) is 26.5. The molecule has 7 nitrogen and oxygen atoms in total. The lowest BCUT2D eigenvalue weighted by molar-refractivity contribution is -0.119. The second kappa shape index (κ2) is 11.2. The Kier molecular flexibility index (Phi) is 8.02. The Morgan fingerprint density at radius 2 is 1.59 bits per heavy atom. The van der Waals surface area contributed by atoms with Gasteiger partial charge in [0.1, 0.15) is 18.1 Å². The molecule has 1 heterocycles. The number of carbonyl (C=O) groups is 1. The summed E-state index contributed by atoms with van der Waals surface area (Å²) < 4.78 is 33.6. The molecule has 0 bridgehead atoms. The molecule has 1 aromatic heterocycles. The van der Waals surface area contributed by atoms with Crippen molar-refractivity contribution in [1.29, 1.82) is 0 Å². The van der Waals surface area contributed by atoms with Crippen LogP contribution in [0.1, 0.15) is 16.9 Å². The van der Waals surface area contributed by atoms with Crippen LogP contribution in [0.25, 0.3) is 11.3 Å². The molecule has 1 N–H and O–H groups in total. The minimum Gasteiger partial charge on any atom is -0.455 e. The van der Waals surface area contributed by atoms with Gasteiger partial charge in [0, 0.05) is 10.6 Å². The predicted octanol–water partition coefficient (Wildman–Crippen LogP) is 6.22. The van der Waals surface area contributed by atoms with Gasteiger partial charge in [0.25, 0.3) is 15.9 Å². The topological polar surface area (TPSA) is 92.0 Å². The highest BCUT2D eigenvalue weighted by Gasteiger charge is 2.27. The van der Waals surface area contributed by atoms with Crippen LogP contribution in [-0.2, 0) is 14.8 Å². The lowest BCUT2D eigenvalue weighted by Gasteiger charge is -2.24. The molecule has 0 atom stereocenters. The second-order valence-corrected chi connectivity index (χ2v) is 11.0. The number of nitrogens with zero attached hydrogens (tertiary/aromatic N) is 2. The average Bonchev–Trinajstić information content (AvgIpc) is 3.32. The van der Waals surface area contributed by atoms with Gasteiger partial charge in [0.2, 0.25) is 0 Å². The monoisotopic (exact) mass is 555 g/mol. The molecule has 4 aromatic rings. The van der Waals surface area contributed by atoms with Crippen molar-refractivity contribution in [3.8, 4) is 11.3 Å². The fourth-order valence-electron chi connectivity index (χ4n) is 3.45. The maximum atomic E-state index is 13.4. The van der Waals surface area contributed by atoms with Crippen molar-refractivity contribution in [2.24, 2.45) is 5.10 Å². The highest BCUT2D eigenvalue weighted by Crippen LogP contribution is 2.31. The van der Waals surface area contributed by atoms with Crippen LogP contribution in [0, 0.1) is 13.8 Å². The molecule has 0 aliphatic rings. The summed E-state index contributed by atoms with van der Waals surface area (Å²) in [7, 11) is -4.01. The minimum atomic E-state index is -4.01. The summed E-state index contributed by atoms with van der Waals surface area (Å²) in [5.41, 5.74) is 5.27. The number of nitrogens with one attached hydrogen (secondary N) is 1. The largest absolute Gasteiger partial charge is 0.455 e. The molecule has 0 spiro atoms. The summed E-state index contributed by atoms with van der Waals surface area (Å²) in [6.45, 7) is 3.29. The zero-order valence-electron chi connectivity index (χ0n) is 20.0. The number of hydrogen-bond donors (Lipinski definition) is 1. The lowest BCUT2D eigenvalue weighted by Crippen LogP contribution is -2.39. The molecule has 190 valence electrons. The van der Waals surface area contributed by atoms with E-state index in [4.69, 9.17) is 27.6 Å². The molecule has 0 saturated heterocycles. The number of sulfonamides is 1. The van der Waals surface area contributed by atoms with Gasteiger partial charge in [-0.2, -0.15) is 5.10 Å². The maximum absolute atomic E-state index is 13.4. The van der Waals surface area contributed by atoms with Crippen molar-refractivity contribution in [2.45, 2.75) is 18.7 Å². The van der Waals surface area contributed by atoms with Crippen LogP contribution in [0.2, 0.25) is 10.0 Å². The van der Waals surface area contributed by atoms with Crippen molar-refractivity contribution >= 4 is 51.0 Å². The first-order valence-corrected chi connectivity index (χ1v) is 13.4. The molecule has 4 rings (SSSR count). The zero-order valence-corrected chi connectivity index (χ0v) is 22.3. The number of benzene rings is 3. The number of anilines is 1. The number of furan rings is 1. The van der Waals surface area contributed by atoms with Crippen LogP contribution in [0.5, 0.6) is 0 Å².